The molecule has 3 rings (SSSR count). The first kappa shape index (κ1) is 19.8. The van der Waals surface area contributed by atoms with Crippen molar-refractivity contribution < 1.29 is 14.6 Å². The van der Waals surface area contributed by atoms with E-state index in [1.807, 2.05) is 6.07 Å². The zero-order valence-electron chi connectivity index (χ0n) is 14.0. The number of halogens is 3. The second-order valence-electron chi connectivity index (χ2n) is 5.62. The van der Waals surface area contributed by atoms with Gasteiger partial charge in [-0.1, -0.05) is 34.8 Å². The van der Waals surface area contributed by atoms with Gasteiger partial charge < -0.3 is 15.2 Å². The Balaban J connectivity index is 1.83. The van der Waals surface area contributed by atoms with Gasteiger partial charge in [0, 0.05) is 15.7 Å². The second-order valence-corrected chi connectivity index (χ2v) is 6.90. The lowest BCUT2D eigenvalue weighted by molar-refractivity contribution is 0.102. The van der Waals surface area contributed by atoms with Gasteiger partial charge in [-0.2, -0.15) is 5.26 Å². The lowest BCUT2D eigenvalue weighted by Crippen LogP contribution is -2.12. The number of carbonyl (C=O) groups excluding carboxylic acids is 1. The molecule has 0 aliphatic rings. The standard InChI is InChI=1S/C20H11Cl3N2O3/c21-12-1-4-15(5-2-12)28-18-6-3-14(7-11(18)10-24)25-20(27)16-8-13(22)9-17(23)19(16)26/h1-9,26H,(H,25,27). The largest absolute Gasteiger partial charge is 0.506 e. The predicted octanol–water partition coefficient (Wildman–Crippen LogP) is 6.27. The number of hydrogen-bond donors (Lipinski definition) is 2. The van der Waals surface area contributed by atoms with Crippen molar-refractivity contribution in [3.63, 3.8) is 0 Å². The summed E-state index contributed by atoms with van der Waals surface area (Å²) < 4.78 is 5.68. The van der Waals surface area contributed by atoms with Gasteiger partial charge in [0.25, 0.3) is 5.91 Å². The van der Waals surface area contributed by atoms with Crippen LogP contribution in [0.5, 0.6) is 17.2 Å². The van der Waals surface area contributed by atoms with E-state index in [0.29, 0.717) is 22.2 Å². The quantitative estimate of drug-likeness (QED) is 0.508. The average Bonchev–Trinajstić information content (AvgIpc) is 2.67. The van der Waals surface area contributed by atoms with Gasteiger partial charge in [0.2, 0.25) is 0 Å². The molecule has 0 aliphatic carbocycles. The molecular formula is C20H11Cl3N2O3. The van der Waals surface area contributed by atoms with E-state index in [4.69, 9.17) is 39.5 Å². The molecule has 28 heavy (non-hydrogen) atoms. The van der Waals surface area contributed by atoms with Crippen molar-refractivity contribution in [1.82, 2.24) is 0 Å². The van der Waals surface area contributed by atoms with Gasteiger partial charge >= 0.3 is 0 Å². The Hall–Kier alpha value is -2.91. The van der Waals surface area contributed by atoms with Gasteiger partial charge in [-0.3, -0.25) is 4.79 Å². The first-order valence-electron chi connectivity index (χ1n) is 7.84. The average molecular weight is 434 g/mol. The summed E-state index contributed by atoms with van der Waals surface area (Å²) >= 11 is 17.6. The van der Waals surface area contributed by atoms with E-state index in [1.165, 1.54) is 18.2 Å². The van der Waals surface area contributed by atoms with Crippen molar-refractivity contribution in [2.24, 2.45) is 0 Å². The number of phenols is 1. The molecule has 0 radical (unpaired) electrons. The zero-order valence-corrected chi connectivity index (χ0v) is 16.3. The van der Waals surface area contributed by atoms with Gasteiger partial charge in [0.15, 0.2) is 0 Å². The van der Waals surface area contributed by atoms with Crippen molar-refractivity contribution >= 4 is 46.4 Å². The molecule has 1 amide bonds. The molecule has 0 fully saturated rings. The van der Waals surface area contributed by atoms with Crippen LogP contribution in [0.3, 0.4) is 0 Å². The number of hydrogen-bond acceptors (Lipinski definition) is 4. The first-order valence-corrected chi connectivity index (χ1v) is 8.97. The van der Waals surface area contributed by atoms with Crippen LogP contribution < -0.4 is 10.1 Å². The molecule has 0 saturated heterocycles. The molecule has 0 spiro atoms. The van der Waals surface area contributed by atoms with E-state index in [1.54, 1.807) is 36.4 Å². The molecule has 0 saturated carbocycles. The molecular weight excluding hydrogens is 423 g/mol. The third kappa shape index (κ3) is 4.49. The van der Waals surface area contributed by atoms with E-state index in [-0.39, 0.29) is 26.9 Å². The van der Waals surface area contributed by atoms with Gasteiger partial charge in [0.05, 0.1) is 16.1 Å². The number of anilines is 1. The number of aromatic hydroxyl groups is 1. The lowest BCUT2D eigenvalue weighted by Gasteiger charge is -2.11. The van der Waals surface area contributed by atoms with E-state index in [9.17, 15) is 15.2 Å². The highest BCUT2D eigenvalue weighted by atomic mass is 35.5. The van der Waals surface area contributed by atoms with Crippen molar-refractivity contribution in [2.45, 2.75) is 0 Å². The van der Waals surface area contributed by atoms with Crippen molar-refractivity contribution in [1.29, 1.82) is 5.26 Å². The summed E-state index contributed by atoms with van der Waals surface area (Å²) in [5, 5.41) is 22.7. The number of phenolic OH excluding ortho intramolecular Hbond substituents is 1. The van der Waals surface area contributed by atoms with Crippen molar-refractivity contribution in [3.8, 4) is 23.3 Å². The van der Waals surface area contributed by atoms with Gasteiger partial charge in [-0.15, -0.1) is 0 Å². The maximum absolute atomic E-state index is 12.4. The van der Waals surface area contributed by atoms with Gasteiger partial charge in [0.1, 0.15) is 23.3 Å². The van der Waals surface area contributed by atoms with Crippen LogP contribution in [0.2, 0.25) is 15.1 Å². The van der Waals surface area contributed by atoms with Crippen LogP contribution in [0.15, 0.2) is 54.6 Å². The Bertz CT molecular complexity index is 1090. The number of ether oxygens (including phenoxy) is 1. The molecule has 0 aliphatic heterocycles. The lowest BCUT2D eigenvalue weighted by atomic mass is 10.1. The Labute approximate surface area is 175 Å². The molecule has 140 valence electrons. The Morgan fingerprint density at radius 2 is 1.71 bits per heavy atom. The van der Waals surface area contributed by atoms with Crippen LogP contribution in [0.1, 0.15) is 15.9 Å². The molecule has 8 heteroatoms. The summed E-state index contributed by atoms with van der Waals surface area (Å²) in [5.41, 5.74) is 0.458. The highest BCUT2D eigenvalue weighted by molar-refractivity contribution is 6.36. The Kier molecular flexibility index (Phi) is 5.96. The molecule has 0 heterocycles. The maximum Gasteiger partial charge on any atom is 0.259 e. The number of nitrogens with zero attached hydrogens (tertiary/aromatic N) is 1. The number of carbonyl (C=O) groups is 1. The normalized spacial score (nSPS) is 10.2. The molecule has 0 aromatic heterocycles. The van der Waals surface area contributed by atoms with Crippen LogP contribution >= 0.6 is 34.8 Å². The minimum Gasteiger partial charge on any atom is -0.506 e. The Morgan fingerprint density at radius 3 is 2.39 bits per heavy atom. The van der Waals surface area contributed by atoms with E-state index < -0.39 is 5.91 Å². The number of amides is 1. The summed E-state index contributed by atoms with van der Waals surface area (Å²) in [5.74, 6) is -0.184. The van der Waals surface area contributed by atoms with E-state index in [0.717, 1.165) is 0 Å². The second kappa shape index (κ2) is 8.41. The zero-order chi connectivity index (χ0) is 20.3. The third-order valence-corrected chi connectivity index (χ3v) is 4.43. The predicted molar refractivity (Wildman–Crippen MR) is 109 cm³/mol. The molecule has 5 nitrogen and oxygen atoms in total. The number of nitriles is 1. The molecule has 3 aromatic carbocycles. The van der Waals surface area contributed by atoms with Crippen LogP contribution in [0.4, 0.5) is 5.69 Å². The van der Waals surface area contributed by atoms with Crippen LogP contribution in [0, 0.1) is 11.3 Å². The first-order chi connectivity index (χ1) is 13.4. The van der Waals surface area contributed by atoms with E-state index in [2.05, 4.69) is 5.32 Å². The maximum atomic E-state index is 12.4. The van der Waals surface area contributed by atoms with Gasteiger partial charge in [-0.25, -0.2) is 0 Å². The smallest absolute Gasteiger partial charge is 0.259 e. The summed E-state index contributed by atoms with van der Waals surface area (Å²) in [7, 11) is 0. The monoisotopic (exact) mass is 432 g/mol. The summed E-state index contributed by atoms with van der Waals surface area (Å²) in [6.07, 6.45) is 0. The number of nitrogens with one attached hydrogen (secondary N) is 1. The fourth-order valence-corrected chi connectivity index (χ4v) is 2.97. The minimum absolute atomic E-state index is 0.0397. The molecule has 0 atom stereocenters. The van der Waals surface area contributed by atoms with Gasteiger partial charge in [-0.05, 0) is 54.6 Å². The van der Waals surface area contributed by atoms with E-state index >= 15 is 0 Å². The van der Waals surface area contributed by atoms with Crippen LogP contribution in [0.25, 0.3) is 0 Å². The summed E-state index contributed by atoms with van der Waals surface area (Å²) in [4.78, 5) is 12.4. The molecule has 0 bridgehead atoms. The molecule has 0 unspecified atom stereocenters. The molecule has 2 N–H and O–H groups in total. The highest BCUT2D eigenvalue weighted by Gasteiger charge is 2.16. The summed E-state index contributed by atoms with van der Waals surface area (Å²) in [6, 6.07) is 15.9. The van der Waals surface area contributed by atoms with Crippen molar-refractivity contribution in [2.75, 3.05) is 5.32 Å². The highest BCUT2D eigenvalue weighted by Crippen LogP contribution is 2.32. The molecule has 3 aromatic rings. The third-order valence-electron chi connectivity index (χ3n) is 3.67. The van der Waals surface area contributed by atoms with Crippen LogP contribution in [-0.2, 0) is 0 Å². The minimum atomic E-state index is -0.628. The fraction of sp³-hybridized carbons (Fsp3) is 0. The van der Waals surface area contributed by atoms with Crippen LogP contribution in [-0.4, -0.2) is 11.0 Å². The fourth-order valence-electron chi connectivity index (χ4n) is 2.35. The Morgan fingerprint density at radius 1 is 1.00 bits per heavy atom. The summed E-state index contributed by atoms with van der Waals surface area (Å²) in [6.45, 7) is 0. The SMILES string of the molecule is N#Cc1cc(NC(=O)c2cc(Cl)cc(Cl)c2O)ccc1Oc1ccc(Cl)cc1. The van der Waals surface area contributed by atoms with Crippen molar-refractivity contribution in [3.05, 3.63) is 80.8 Å². The topological polar surface area (TPSA) is 82.4 Å². The number of benzene rings is 3. The number of rotatable bonds is 4.